The Kier molecular flexibility index (Phi) is 5.07. The van der Waals surface area contributed by atoms with Gasteiger partial charge in [-0.3, -0.25) is 4.79 Å². The number of rotatable bonds is 4. The standard InChI is InChI=1S/C18H20FNO4/c1-11(16(21)20-18(2,3)4)23-17(22)15-10-9-14(24-15)12-7-5-6-8-13(12)19/h5-11H,1-4H3,(H,20,21)/t11-/m0/s1. The number of nitrogens with one attached hydrogen (secondary N) is 1. The predicted octanol–water partition coefficient (Wildman–Crippen LogP) is 3.55. The van der Waals surface area contributed by atoms with Crippen molar-refractivity contribution in [2.45, 2.75) is 39.3 Å². The molecule has 2 aromatic rings. The number of hydrogen-bond acceptors (Lipinski definition) is 4. The molecule has 0 fully saturated rings. The average molecular weight is 333 g/mol. The lowest BCUT2D eigenvalue weighted by molar-refractivity contribution is -0.130. The molecule has 128 valence electrons. The minimum absolute atomic E-state index is 0.0938. The third-order valence-corrected chi connectivity index (χ3v) is 3.10. The zero-order valence-electron chi connectivity index (χ0n) is 14.1. The van der Waals surface area contributed by atoms with E-state index in [2.05, 4.69) is 5.32 Å². The Hall–Kier alpha value is -2.63. The highest BCUT2D eigenvalue weighted by Gasteiger charge is 2.24. The Balaban J connectivity index is 2.06. The van der Waals surface area contributed by atoms with Crippen molar-refractivity contribution in [2.75, 3.05) is 0 Å². The molecular weight excluding hydrogens is 313 g/mol. The Morgan fingerprint density at radius 1 is 1.17 bits per heavy atom. The van der Waals surface area contributed by atoms with Crippen molar-refractivity contribution >= 4 is 11.9 Å². The molecule has 24 heavy (non-hydrogen) atoms. The summed E-state index contributed by atoms with van der Waals surface area (Å²) in [5.74, 6) is -1.52. The van der Waals surface area contributed by atoms with Gasteiger partial charge < -0.3 is 14.5 Å². The van der Waals surface area contributed by atoms with Crippen molar-refractivity contribution < 1.29 is 23.1 Å². The molecule has 1 atom stereocenters. The highest BCUT2D eigenvalue weighted by Crippen LogP contribution is 2.25. The fraction of sp³-hybridized carbons (Fsp3) is 0.333. The maximum absolute atomic E-state index is 13.7. The minimum Gasteiger partial charge on any atom is -0.449 e. The second-order valence-corrected chi connectivity index (χ2v) is 6.43. The van der Waals surface area contributed by atoms with Crippen LogP contribution in [0.4, 0.5) is 4.39 Å². The van der Waals surface area contributed by atoms with E-state index in [1.54, 1.807) is 18.2 Å². The van der Waals surface area contributed by atoms with Gasteiger partial charge in [0.25, 0.3) is 5.91 Å². The van der Waals surface area contributed by atoms with E-state index in [9.17, 15) is 14.0 Å². The lowest BCUT2D eigenvalue weighted by atomic mass is 10.1. The van der Waals surface area contributed by atoms with Crippen LogP contribution in [0, 0.1) is 5.82 Å². The lowest BCUT2D eigenvalue weighted by Gasteiger charge is -2.22. The van der Waals surface area contributed by atoms with Crippen LogP contribution in [0.5, 0.6) is 0 Å². The highest BCUT2D eigenvalue weighted by atomic mass is 19.1. The molecule has 6 heteroatoms. The molecular formula is C18H20FNO4. The molecule has 0 aliphatic carbocycles. The molecule has 0 radical (unpaired) electrons. The van der Waals surface area contributed by atoms with E-state index < -0.39 is 29.3 Å². The summed E-state index contributed by atoms with van der Waals surface area (Å²) < 4.78 is 24.2. The summed E-state index contributed by atoms with van der Waals surface area (Å²) in [5.41, 5.74) is -0.185. The van der Waals surface area contributed by atoms with Gasteiger partial charge in [-0.25, -0.2) is 9.18 Å². The van der Waals surface area contributed by atoms with E-state index in [0.717, 1.165) is 0 Å². The van der Waals surface area contributed by atoms with Gasteiger partial charge in [-0.05, 0) is 52.0 Å². The van der Waals surface area contributed by atoms with Gasteiger partial charge in [0.1, 0.15) is 11.6 Å². The summed E-state index contributed by atoms with van der Waals surface area (Å²) in [6, 6.07) is 8.94. The van der Waals surface area contributed by atoms with Crippen molar-refractivity contribution in [3.05, 3.63) is 48.0 Å². The van der Waals surface area contributed by atoms with Crippen LogP contribution in [-0.4, -0.2) is 23.5 Å². The maximum Gasteiger partial charge on any atom is 0.375 e. The molecule has 1 N–H and O–H groups in total. The number of halogens is 1. The zero-order chi connectivity index (χ0) is 17.9. The number of esters is 1. The first kappa shape index (κ1) is 17.7. The second kappa shape index (κ2) is 6.86. The summed E-state index contributed by atoms with van der Waals surface area (Å²) in [4.78, 5) is 24.0. The molecule has 1 aromatic carbocycles. The van der Waals surface area contributed by atoms with Crippen LogP contribution in [0.25, 0.3) is 11.3 Å². The first-order valence-corrected chi connectivity index (χ1v) is 7.55. The van der Waals surface area contributed by atoms with Gasteiger partial charge in [0.2, 0.25) is 5.76 Å². The van der Waals surface area contributed by atoms with Crippen molar-refractivity contribution in [1.82, 2.24) is 5.32 Å². The normalized spacial score (nSPS) is 12.5. The van der Waals surface area contributed by atoms with Gasteiger partial charge in [0.15, 0.2) is 6.10 Å². The van der Waals surface area contributed by atoms with Crippen LogP contribution in [-0.2, 0) is 9.53 Å². The van der Waals surface area contributed by atoms with Crippen LogP contribution < -0.4 is 5.32 Å². The van der Waals surface area contributed by atoms with Crippen LogP contribution in [0.3, 0.4) is 0 Å². The highest BCUT2D eigenvalue weighted by molar-refractivity contribution is 5.90. The van der Waals surface area contributed by atoms with Gasteiger partial charge in [0.05, 0.1) is 5.56 Å². The summed E-state index contributed by atoms with van der Waals surface area (Å²) in [5, 5.41) is 2.72. The van der Waals surface area contributed by atoms with Crippen LogP contribution in [0.15, 0.2) is 40.8 Å². The summed E-state index contributed by atoms with van der Waals surface area (Å²) in [7, 11) is 0. The largest absolute Gasteiger partial charge is 0.449 e. The van der Waals surface area contributed by atoms with Crippen LogP contribution >= 0.6 is 0 Å². The number of amides is 1. The first-order chi connectivity index (χ1) is 11.2. The number of benzene rings is 1. The van der Waals surface area contributed by atoms with Gasteiger partial charge in [-0.2, -0.15) is 0 Å². The molecule has 1 amide bonds. The molecule has 0 saturated carbocycles. The van der Waals surface area contributed by atoms with Gasteiger partial charge in [0, 0.05) is 5.54 Å². The van der Waals surface area contributed by atoms with E-state index in [-0.39, 0.29) is 17.1 Å². The predicted molar refractivity (Wildman–Crippen MR) is 86.9 cm³/mol. The van der Waals surface area contributed by atoms with E-state index in [4.69, 9.17) is 9.15 Å². The van der Waals surface area contributed by atoms with Crippen molar-refractivity contribution in [1.29, 1.82) is 0 Å². The molecule has 2 rings (SSSR count). The van der Waals surface area contributed by atoms with Crippen molar-refractivity contribution in [3.63, 3.8) is 0 Å². The van der Waals surface area contributed by atoms with E-state index in [1.165, 1.54) is 25.1 Å². The Bertz CT molecular complexity index is 745. The number of furan rings is 1. The van der Waals surface area contributed by atoms with Crippen LogP contribution in [0.1, 0.15) is 38.2 Å². The van der Waals surface area contributed by atoms with Gasteiger partial charge in [-0.15, -0.1) is 0 Å². The van der Waals surface area contributed by atoms with Crippen molar-refractivity contribution in [2.24, 2.45) is 0 Å². The third-order valence-electron chi connectivity index (χ3n) is 3.10. The number of carbonyl (C=O) groups excluding carboxylic acids is 2. The minimum atomic E-state index is -0.973. The van der Waals surface area contributed by atoms with E-state index >= 15 is 0 Å². The Labute approximate surface area is 139 Å². The maximum atomic E-state index is 13.7. The molecule has 0 unspecified atom stereocenters. The van der Waals surface area contributed by atoms with Gasteiger partial charge >= 0.3 is 5.97 Å². The fourth-order valence-electron chi connectivity index (χ4n) is 2.00. The van der Waals surface area contributed by atoms with E-state index in [1.807, 2.05) is 20.8 Å². The molecule has 0 saturated heterocycles. The topological polar surface area (TPSA) is 68.5 Å². The second-order valence-electron chi connectivity index (χ2n) is 6.43. The molecule has 5 nitrogen and oxygen atoms in total. The number of ether oxygens (including phenoxy) is 1. The Morgan fingerprint density at radius 3 is 2.46 bits per heavy atom. The third kappa shape index (κ3) is 4.44. The van der Waals surface area contributed by atoms with Crippen molar-refractivity contribution in [3.8, 4) is 11.3 Å². The van der Waals surface area contributed by atoms with Gasteiger partial charge in [-0.1, -0.05) is 12.1 Å². The number of carbonyl (C=O) groups is 2. The summed E-state index contributed by atoms with van der Waals surface area (Å²) >= 11 is 0. The average Bonchev–Trinajstić information content (AvgIpc) is 2.95. The number of hydrogen-bond donors (Lipinski definition) is 1. The lowest BCUT2D eigenvalue weighted by Crippen LogP contribution is -2.46. The quantitative estimate of drug-likeness (QED) is 0.869. The molecule has 0 aliphatic heterocycles. The summed E-state index contributed by atoms with van der Waals surface area (Å²) in [6.07, 6.45) is -0.973. The molecule has 0 spiro atoms. The molecule has 0 aliphatic rings. The Morgan fingerprint density at radius 2 is 1.83 bits per heavy atom. The molecule has 0 bridgehead atoms. The fourth-order valence-corrected chi connectivity index (χ4v) is 2.00. The molecule has 1 heterocycles. The SMILES string of the molecule is C[C@H](OC(=O)c1ccc(-c2ccccc2F)o1)C(=O)NC(C)(C)C. The smallest absolute Gasteiger partial charge is 0.375 e. The monoisotopic (exact) mass is 333 g/mol. The molecule has 1 aromatic heterocycles. The first-order valence-electron chi connectivity index (χ1n) is 7.55. The van der Waals surface area contributed by atoms with Crippen LogP contribution in [0.2, 0.25) is 0 Å². The summed E-state index contributed by atoms with van der Waals surface area (Å²) in [6.45, 7) is 6.95. The zero-order valence-corrected chi connectivity index (χ0v) is 14.1. The van der Waals surface area contributed by atoms with E-state index in [0.29, 0.717) is 0 Å².